The topological polar surface area (TPSA) is 112 Å². The van der Waals surface area contributed by atoms with Gasteiger partial charge in [-0.15, -0.1) is 0 Å². The zero-order chi connectivity index (χ0) is 26.1. The van der Waals surface area contributed by atoms with Crippen molar-refractivity contribution in [3.05, 3.63) is 23.3 Å². The lowest BCUT2D eigenvalue weighted by atomic mass is 9.47. The Labute approximate surface area is 208 Å². The van der Waals surface area contributed by atoms with Crippen molar-refractivity contribution >= 4 is 17.5 Å². The van der Waals surface area contributed by atoms with Crippen molar-refractivity contribution in [1.29, 1.82) is 0 Å². The number of aliphatic hydroxyl groups excluding tert-OH is 1. The molecule has 35 heavy (non-hydrogen) atoms. The molecule has 2 unspecified atom stereocenters. The number of Topliss-reactive ketones (excluding diaryl/α,β-unsaturated/α-hetero) is 2. The number of carboxylic acid groups (broad SMARTS) is 1. The summed E-state index contributed by atoms with van der Waals surface area (Å²) in [4.78, 5) is 37.6. The smallest absolute Gasteiger partial charge is 0.310 e. The number of ketones is 2. The number of hydrogen-bond donors (Lipinski definition) is 3. The zero-order valence-corrected chi connectivity index (χ0v) is 21.9. The molecule has 0 aliphatic heterocycles. The first-order chi connectivity index (χ1) is 16.2. The van der Waals surface area contributed by atoms with Crippen LogP contribution in [-0.4, -0.2) is 44.6 Å². The largest absolute Gasteiger partial charge is 0.481 e. The molecule has 0 saturated heterocycles. The Bertz CT molecular complexity index is 995. The first-order valence-corrected chi connectivity index (χ1v) is 13.3. The Balaban J connectivity index is 1.66. The Kier molecular flexibility index (Phi) is 6.50. The van der Waals surface area contributed by atoms with Crippen LogP contribution in [0.5, 0.6) is 0 Å². The first kappa shape index (κ1) is 26.3. The van der Waals surface area contributed by atoms with Crippen LogP contribution in [0, 0.1) is 40.4 Å². The molecule has 4 aliphatic rings. The van der Waals surface area contributed by atoms with E-state index in [-0.39, 0.29) is 41.7 Å². The molecule has 9 atom stereocenters. The van der Waals surface area contributed by atoms with E-state index < -0.39 is 34.4 Å². The maximum Gasteiger partial charge on any atom is 0.310 e. The number of rotatable bonds is 6. The maximum atomic E-state index is 13.9. The first-order valence-electron chi connectivity index (χ1n) is 13.3. The molecule has 3 N–H and O–H groups in total. The van der Waals surface area contributed by atoms with Crippen LogP contribution in [-0.2, 0) is 14.4 Å². The van der Waals surface area contributed by atoms with Crippen LogP contribution in [0.4, 0.5) is 0 Å². The van der Waals surface area contributed by atoms with Gasteiger partial charge in [-0.05, 0) is 68.8 Å². The van der Waals surface area contributed by atoms with Crippen molar-refractivity contribution in [2.24, 2.45) is 40.4 Å². The molecule has 6 nitrogen and oxygen atoms in total. The molecular weight excluding hydrogens is 444 g/mol. The zero-order valence-electron chi connectivity index (χ0n) is 21.9. The van der Waals surface area contributed by atoms with E-state index in [1.165, 1.54) is 0 Å². The number of allylic oxidation sites excluding steroid dienone is 1. The molecule has 0 bridgehead atoms. The summed E-state index contributed by atoms with van der Waals surface area (Å²) in [7, 11) is 0. The summed E-state index contributed by atoms with van der Waals surface area (Å²) < 4.78 is 0. The summed E-state index contributed by atoms with van der Waals surface area (Å²) >= 11 is 0. The number of aliphatic hydroxyl groups is 2. The second kappa shape index (κ2) is 8.65. The summed E-state index contributed by atoms with van der Waals surface area (Å²) in [5, 5.41) is 33.0. The predicted molar refractivity (Wildman–Crippen MR) is 132 cm³/mol. The van der Waals surface area contributed by atoms with E-state index in [2.05, 4.69) is 20.4 Å². The van der Waals surface area contributed by atoms with Gasteiger partial charge in [0.15, 0.2) is 5.78 Å². The molecule has 0 amide bonds. The lowest BCUT2D eigenvalue weighted by Gasteiger charge is -2.58. The lowest BCUT2D eigenvalue weighted by Crippen LogP contribution is -2.60. The third kappa shape index (κ3) is 3.69. The van der Waals surface area contributed by atoms with Crippen LogP contribution in [0.2, 0.25) is 0 Å². The average Bonchev–Trinajstić information content (AvgIpc) is 3.06. The van der Waals surface area contributed by atoms with E-state index in [0.717, 1.165) is 12.8 Å². The summed E-state index contributed by atoms with van der Waals surface area (Å²) in [5.41, 5.74) is -0.603. The Morgan fingerprint density at radius 3 is 2.49 bits per heavy atom. The molecule has 0 radical (unpaired) electrons. The van der Waals surface area contributed by atoms with E-state index in [9.17, 15) is 29.7 Å². The highest BCUT2D eigenvalue weighted by Gasteiger charge is 2.67. The van der Waals surface area contributed by atoms with Gasteiger partial charge in [0.1, 0.15) is 5.78 Å². The molecule has 0 aromatic carbocycles. The van der Waals surface area contributed by atoms with Gasteiger partial charge in [0.05, 0.1) is 17.6 Å². The fourth-order valence-electron chi connectivity index (χ4n) is 8.47. The van der Waals surface area contributed by atoms with Crippen molar-refractivity contribution in [2.45, 2.75) is 97.7 Å². The molecular formula is C29H42O6. The van der Waals surface area contributed by atoms with E-state index in [1.807, 2.05) is 13.8 Å². The van der Waals surface area contributed by atoms with Crippen molar-refractivity contribution in [3.8, 4) is 0 Å². The fraction of sp³-hybridized carbons (Fsp3) is 0.759. The quantitative estimate of drug-likeness (QED) is 0.477. The average molecular weight is 487 g/mol. The van der Waals surface area contributed by atoms with Gasteiger partial charge in [0.2, 0.25) is 0 Å². The number of aliphatic carboxylic acids is 1. The molecule has 194 valence electrons. The van der Waals surface area contributed by atoms with Crippen LogP contribution in [0.15, 0.2) is 23.3 Å². The highest BCUT2D eigenvalue weighted by molar-refractivity contribution is 6.01. The SMILES string of the molecule is C=C(CC[C@@H](C)[C@H]1CC[C@@]2(O)C3=C(C(=O)C[C@]12C)[C@@]1(C)CCC(=O)[C@@H](C)C1C[C@@H]3O)C(C)C(=O)O. The van der Waals surface area contributed by atoms with Crippen LogP contribution in [0.25, 0.3) is 0 Å². The molecule has 2 fully saturated rings. The Hall–Kier alpha value is -1.79. The maximum absolute atomic E-state index is 13.9. The second-order valence-corrected chi connectivity index (χ2v) is 12.6. The van der Waals surface area contributed by atoms with E-state index >= 15 is 0 Å². The molecule has 0 aromatic heterocycles. The second-order valence-electron chi connectivity index (χ2n) is 12.6. The van der Waals surface area contributed by atoms with Crippen molar-refractivity contribution in [2.75, 3.05) is 0 Å². The van der Waals surface area contributed by atoms with Gasteiger partial charge in [0, 0.05) is 35.2 Å². The number of carboxylic acids is 1. The minimum Gasteiger partial charge on any atom is -0.481 e. The van der Waals surface area contributed by atoms with Gasteiger partial charge in [-0.25, -0.2) is 0 Å². The monoisotopic (exact) mass is 486 g/mol. The van der Waals surface area contributed by atoms with Gasteiger partial charge in [0.25, 0.3) is 0 Å². The molecule has 0 spiro atoms. The molecule has 0 aromatic rings. The summed E-state index contributed by atoms with van der Waals surface area (Å²) in [6, 6.07) is 0. The van der Waals surface area contributed by atoms with Gasteiger partial charge < -0.3 is 15.3 Å². The van der Waals surface area contributed by atoms with Gasteiger partial charge >= 0.3 is 5.97 Å². The van der Waals surface area contributed by atoms with Gasteiger partial charge in [-0.1, -0.05) is 39.8 Å². The third-order valence-corrected chi connectivity index (χ3v) is 10.9. The molecule has 4 aliphatic carbocycles. The minimum atomic E-state index is -1.25. The van der Waals surface area contributed by atoms with Crippen molar-refractivity contribution in [3.63, 3.8) is 0 Å². The molecule has 0 heterocycles. The van der Waals surface area contributed by atoms with Gasteiger partial charge in [-0.3, -0.25) is 14.4 Å². The summed E-state index contributed by atoms with van der Waals surface area (Å²) in [6.45, 7) is 13.7. The Morgan fingerprint density at radius 2 is 1.86 bits per heavy atom. The van der Waals surface area contributed by atoms with E-state index in [4.69, 9.17) is 0 Å². The number of carbonyl (C=O) groups is 3. The van der Waals surface area contributed by atoms with E-state index in [1.54, 1.807) is 6.92 Å². The molecule has 4 rings (SSSR count). The third-order valence-electron chi connectivity index (χ3n) is 10.9. The number of fused-ring (bicyclic) bond motifs is 4. The highest BCUT2D eigenvalue weighted by atomic mass is 16.4. The van der Waals surface area contributed by atoms with Gasteiger partial charge in [-0.2, -0.15) is 0 Å². The normalized spacial score (nSPS) is 42.7. The molecule has 6 heteroatoms. The summed E-state index contributed by atoms with van der Waals surface area (Å²) in [5.74, 6) is -1.32. The summed E-state index contributed by atoms with van der Waals surface area (Å²) in [6.07, 6.45) is 3.34. The molecule has 2 saturated carbocycles. The van der Waals surface area contributed by atoms with Crippen LogP contribution in [0.1, 0.15) is 86.0 Å². The van der Waals surface area contributed by atoms with Crippen LogP contribution < -0.4 is 0 Å². The standard InChI is InChI=1S/C29H42O6/c1-15(17(3)26(33)34)7-8-16(2)19-9-12-29(35)25-22(31)13-20-18(4)21(30)10-11-27(20,5)24(25)23(32)14-28(19,29)6/h16-20,22,31,35H,1,7-14H2,2-6H3,(H,33,34)/t16-,17?,18+,19-,20?,22+,27+,28-,29-/m1/s1. The van der Waals surface area contributed by atoms with Crippen molar-refractivity contribution < 1.29 is 29.7 Å². The predicted octanol–water partition coefficient (Wildman–Crippen LogP) is 4.48. The van der Waals surface area contributed by atoms with E-state index in [0.29, 0.717) is 48.8 Å². The number of hydrogen-bond acceptors (Lipinski definition) is 5. The minimum absolute atomic E-state index is 0.0167. The van der Waals surface area contributed by atoms with Crippen LogP contribution in [0.3, 0.4) is 0 Å². The lowest BCUT2D eigenvalue weighted by molar-refractivity contribution is -0.142. The Morgan fingerprint density at radius 1 is 1.20 bits per heavy atom. The number of carbonyl (C=O) groups excluding carboxylic acids is 2. The highest BCUT2D eigenvalue weighted by Crippen LogP contribution is 2.67. The fourth-order valence-corrected chi connectivity index (χ4v) is 8.47. The van der Waals surface area contributed by atoms with Crippen LogP contribution >= 0.6 is 0 Å². The van der Waals surface area contributed by atoms with Crippen molar-refractivity contribution in [1.82, 2.24) is 0 Å².